The van der Waals surface area contributed by atoms with E-state index in [1.165, 1.54) is 12.1 Å². The van der Waals surface area contributed by atoms with E-state index in [4.69, 9.17) is 4.74 Å². The molecule has 0 radical (unpaired) electrons. The van der Waals surface area contributed by atoms with Gasteiger partial charge in [-0.2, -0.15) is 0 Å². The van der Waals surface area contributed by atoms with Gasteiger partial charge >= 0.3 is 0 Å². The second-order valence-electron chi connectivity index (χ2n) is 7.29. The predicted molar refractivity (Wildman–Crippen MR) is 110 cm³/mol. The molecule has 1 heterocycles. The Kier molecular flexibility index (Phi) is 6.99. The fraction of sp³-hybridized carbons (Fsp3) is 0.409. The molecule has 6 heteroatoms. The Morgan fingerprint density at radius 1 is 1.29 bits per heavy atom. The third kappa shape index (κ3) is 4.51. The van der Waals surface area contributed by atoms with Gasteiger partial charge in [0.25, 0.3) is 0 Å². The fourth-order valence-corrected chi connectivity index (χ4v) is 4.17. The van der Waals surface area contributed by atoms with Crippen molar-refractivity contribution in [2.24, 2.45) is 0 Å². The first-order valence-corrected chi connectivity index (χ1v) is 10.3. The molecule has 0 bridgehead atoms. The molecule has 3 rings (SSSR count). The lowest BCUT2D eigenvalue weighted by Gasteiger charge is -2.46. The number of benzene rings is 2. The van der Waals surface area contributed by atoms with Gasteiger partial charge in [-0.1, -0.05) is 47.1 Å². The number of carbonyl (C=O) groups excluding carboxylic acids is 1. The summed E-state index contributed by atoms with van der Waals surface area (Å²) in [4.78, 5) is 11.9. The Hall–Kier alpha value is -1.60. The lowest BCUT2D eigenvalue weighted by molar-refractivity contribution is -0.159. The largest absolute Gasteiger partial charge is 0.396 e. The zero-order valence-electron chi connectivity index (χ0n) is 15.8. The summed E-state index contributed by atoms with van der Waals surface area (Å²) < 4.78 is 20.8. The number of aldehydes is 1. The Bertz CT molecular complexity index is 783. The summed E-state index contributed by atoms with van der Waals surface area (Å²) in [7, 11) is 0. The number of morpholine rings is 1. The predicted octanol–water partition coefficient (Wildman–Crippen LogP) is 3.92. The summed E-state index contributed by atoms with van der Waals surface area (Å²) >= 11 is 3.44. The normalized spacial score (nSPS) is 26.0. The maximum atomic E-state index is 13.4. The molecule has 0 aliphatic carbocycles. The van der Waals surface area contributed by atoms with Crippen molar-refractivity contribution in [1.29, 1.82) is 0 Å². The molecule has 1 saturated heterocycles. The van der Waals surface area contributed by atoms with Gasteiger partial charge in [-0.3, -0.25) is 0 Å². The van der Waals surface area contributed by atoms with Crippen LogP contribution in [-0.2, 0) is 15.1 Å². The molecule has 4 nitrogen and oxygen atoms in total. The van der Waals surface area contributed by atoms with Gasteiger partial charge in [0.05, 0.1) is 0 Å². The van der Waals surface area contributed by atoms with E-state index in [0.29, 0.717) is 19.4 Å². The summed E-state index contributed by atoms with van der Waals surface area (Å²) in [5.41, 5.74) is 1.13. The van der Waals surface area contributed by atoms with E-state index in [0.717, 1.165) is 21.9 Å². The first-order valence-electron chi connectivity index (χ1n) is 9.48. The number of halogens is 2. The molecule has 1 fully saturated rings. The highest BCUT2D eigenvalue weighted by atomic mass is 79.9. The van der Waals surface area contributed by atoms with Crippen molar-refractivity contribution < 1.29 is 19.0 Å². The molecule has 0 saturated carbocycles. The number of hydrogen-bond donors (Lipinski definition) is 2. The van der Waals surface area contributed by atoms with Gasteiger partial charge in [-0.05, 0) is 54.2 Å². The maximum absolute atomic E-state index is 13.4. The third-order valence-electron chi connectivity index (χ3n) is 5.52. The van der Waals surface area contributed by atoms with E-state index in [-0.39, 0.29) is 24.4 Å². The van der Waals surface area contributed by atoms with Gasteiger partial charge in [0.15, 0.2) is 0 Å². The summed E-state index contributed by atoms with van der Waals surface area (Å²) in [5.74, 6) is -0.258. The average molecular weight is 450 g/mol. The quantitative estimate of drug-likeness (QED) is 0.628. The van der Waals surface area contributed by atoms with Crippen LogP contribution in [0.4, 0.5) is 4.39 Å². The Labute approximate surface area is 173 Å². The van der Waals surface area contributed by atoms with Gasteiger partial charge in [-0.25, -0.2) is 4.39 Å². The van der Waals surface area contributed by atoms with Crippen LogP contribution >= 0.6 is 15.9 Å². The van der Waals surface area contributed by atoms with Gasteiger partial charge < -0.3 is 20.0 Å². The number of aliphatic hydroxyl groups excluding tert-OH is 1. The number of carbonyl (C=O) groups is 1. The molecule has 1 aliphatic rings. The highest BCUT2D eigenvalue weighted by Crippen LogP contribution is 2.37. The van der Waals surface area contributed by atoms with Crippen LogP contribution in [0, 0.1) is 5.82 Å². The molecule has 0 spiro atoms. The van der Waals surface area contributed by atoms with Gasteiger partial charge in [0, 0.05) is 23.7 Å². The minimum absolute atomic E-state index is 0.0246. The lowest BCUT2D eigenvalue weighted by Crippen LogP contribution is -2.59. The van der Waals surface area contributed by atoms with Gasteiger partial charge in [0.1, 0.15) is 23.8 Å². The first kappa shape index (κ1) is 21.1. The van der Waals surface area contributed by atoms with E-state index in [9.17, 15) is 14.3 Å². The molecule has 0 amide bonds. The van der Waals surface area contributed by atoms with Crippen LogP contribution in [-0.4, -0.2) is 36.7 Å². The zero-order valence-corrected chi connectivity index (χ0v) is 17.4. The Balaban J connectivity index is 1.86. The molecule has 28 heavy (non-hydrogen) atoms. The van der Waals surface area contributed by atoms with Crippen LogP contribution in [0.1, 0.15) is 36.8 Å². The summed E-state index contributed by atoms with van der Waals surface area (Å²) in [6, 6.07) is 14.0. The average Bonchev–Trinajstić information content (AvgIpc) is 2.72. The monoisotopic (exact) mass is 449 g/mol. The number of nitrogens with one attached hydrogen (secondary N) is 1. The molecule has 2 N–H and O–H groups in total. The number of aliphatic hydroxyl groups is 1. The number of hydrogen-bond acceptors (Lipinski definition) is 4. The van der Waals surface area contributed by atoms with E-state index in [2.05, 4.69) is 28.2 Å². The third-order valence-corrected chi connectivity index (χ3v) is 6.05. The highest BCUT2D eigenvalue weighted by Gasteiger charge is 2.44. The van der Waals surface area contributed by atoms with Crippen molar-refractivity contribution in [2.75, 3.05) is 13.2 Å². The Morgan fingerprint density at radius 2 is 1.96 bits per heavy atom. The summed E-state index contributed by atoms with van der Waals surface area (Å²) in [6.45, 7) is 2.57. The molecule has 0 aromatic heterocycles. The van der Waals surface area contributed by atoms with Crippen molar-refractivity contribution in [3.8, 4) is 0 Å². The smallest absolute Gasteiger partial charge is 0.150 e. The van der Waals surface area contributed by atoms with Crippen LogP contribution in [0.2, 0.25) is 0 Å². The summed E-state index contributed by atoms with van der Waals surface area (Å²) in [6.07, 6.45) is 1.24. The van der Waals surface area contributed by atoms with Crippen LogP contribution in [0.3, 0.4) is 0 Å². The zero-order chi connectivity index (χ0) is 20.1. The molecule has 150 valence electrons. The molecule has 2 aromatic carbocycles. The molecule has 1 aliphatic heterocycles. The van der Waals surface area contributed by atoms with Crippen LogP contribution in [0.25, 0.3) is 0 Å². The molecular weight excluding hydrogens is 425 g/mol. The Morgan fingerprint density at radius 3 is 2.57 bits per heavy atom. The molecular formula is C22H25BrFNO3. The fourth-order valence-electron chi connectivity index (χ4n) is 3.90. The van der Waals surface area contributed by atoms with E-state index in [1.54, 1.807) is 12.1 Å². The van der Waals surface area contributed by atoms with E-state index in [1.807, 2.05) is 24.3 Å². The standard InChI is InChI=1S/C22H25BrFNO3/c1-15(16-3-7-18(23)8-4-16)21-20(13-27)28-22(14-25-21,11-2-12-26)17-5-9-19(24)10-6-17/h3-10,13,15,20-21,25-26H,2,11-12,14H2,1H3/t15-,20?,21?,22?/m0/s1. The molecule has 3 unspecified atom stereocenters. The molecule has 2 aromatic rings. The van der Waals surface area contributed by atoms with Crippen LogP contribution in [0.15, 0.2) is 53.0 Å². The van der Waals surface area contributed by atoms with Crippen molar-refractivity contribution >= 4 is 22.2 Å². The van der Waals surface area contributed by atoms with E-state index < -0.39 is 11.7 Å². The van der Waals surface area contributed by atoms with Crippen LogP contribution < -0.4 is 5.32 Å². The van der Waals surface area contributed by atoms with Gasteiger partial charge in [0.2, 0.25) is 0 Å². The van der Waals surface area contributed by atoms with Crippen molar-refractivity contribution in [1.82, 2.24) is 5.32 Å². The lowest BCUT2D eigenvalue weighted by atomic mass is 9.82. The highest BCUT2D eigenvalue weighted by molar-refractivity contribution is 9.10. The number of ether oxygens (including phenoxy) is 1. The minimum Gasteiger partial charge on any atom is -0.396 e. The second-order valence-corrected chi connectivity index (χ2v) is 8.21. The van der Waals surface area contributed by atoms with Crippen molar-refractivity contribution in [3.63, 3.8) is 0 Å². The topological polar surface area (TPSA) is 58.6 Å². The number of rotatable bonds is 7. The summed E-state index contributed by atoms with van der Waals surface area (Å²) in [5, 5.41) is 12.8. The maximum Gasteiger partial charge on any atom is 0.150 e. The second kappa shape index (κ2) is 9.27. The van der Waals surface area contributed by atoms with Crippen LogP contribution in [0.5, 0.6) is 0 Å². The van der Waals surface area contributed by atoms with Crippen molar-refractivity contribution in [2.45, 2.75) is 43.4 Å². The van der Waals surface area contributed by atoms with E-state index >= 15 is 0 Å². The van der Waals surface area contributed by atoms with Crippen molar-refractivity contribution in [3.05, 3.63) is 69.9 Å². The minimum atomic E-state index is -0.780. The van der Waals surface area contributed by atoms with Gasteiger partial charge in [-0.15, -0.1) is 0 Å². The first-order chi connectivity index (χ1) is 13.5. The SMILES string of the molecule is C[C@@H](c1ccc(Br)cc1)C1NCC(CCCO)(c2ccc(F)cc2)OC1C=O. The molecule has 4 atom stereocenters.